The Balaban J connectivity index is 2.01. The molecule has 0 amide bonds. The molecule has 21 heavy (non-hydrogen) atoms. The second-order valence-corrected chi connectivity index (χ2v) is 6.87. The average Bonchev–Trinajstić information content (AvgIpc) is 2.92. The Bertz CT molecular complexity index is 694. The van der Waals surface area contributed by atoms with Gasteiger partial charge in [0.15, 0.2) is 0 Å². The first kappa shape index (κ1) is 15.6. The van der Waals surface area contributed by atoms with Crippen molar-refractivity contribution in [3.63, 3.8) is 0 Å². The lowest BCUT2D eigenvalue weighted by molar-refractivity contribution is 0.480. The predicted molar refractivity (Wildman–Crippen MR) is 82.4 cm³/mol. The first-order chi connectivity index (χ1) is 9.88. The van der Waals surface area contributed by atoms with Crippen LogP contribution in [0.2, 0.25) is 0 Å². The lowest BCUT2D eigenvalue weighted by atomic mass is 10.2. The summed E-state index contributed by atoms with van der Waals surface area (Å²) >= 11 is 0. The van der Waals surface area contributed by atoms with E-state index in [1.165, 1.54) is 6.07 Å². The van der Waals surface area contributed by atoms with Gasteiger partial charge in [-0.2, -0.15) is 0 Å². The second-order valence-electron chi connectivity index (χ2n) is 5.16. The van der Waals surface area contributed by atoms with Gasteiger partial charge in [0.25, 0.3) is 0 Å². The summed E-state index contributed by atoms with van der Waals surface area (Å²) in [5.41, 5.74) is 7.10. The largest absolute Gasteiger partial charge is 0.469 e. The van der Waals surface area contributed by atoms with E-state index >= 15 is 0 Å². The van der Waals surface area contributed by atoms with Crippen molar-refractivity contribution in [3.8, 4) is 0 Å². The summed E-state index contributed by atoms with van der Waals surface area (Å²) in [6.07, 6.45) is 2.96. The number of rotatable bonds is 6. The maximum Gasteiger partial charge on any atom is 0.240 e. The summed E-state index contributed by atoms with van der Waals surface area (Å²) in [6, 6.07) is 8.26. The Hall–Kier alpha value is -1.79. The van der Waals surface area contributed by atoms with Crippen molar-refractivity contribution in [2.45, 2.75) is 37.6 Å². The fourth-order valence-corrected chi connectivity index (χ4v) is 3.30. The third-order valence-electron chi connectivity index (χ3n) is 3.32. The summed E-state index contributed by atoms with van der Waals surface area (Å²) in [4.78, 5) is 0.190. The number of nitrogens with two attached hydrogens (primary N) is 1. The lowest BCUT2D eigenvalue weighted by Gasteiger charge is -2.14. The Labute approximate surface area is 125 Å². The van der Waals surface area contributed by atoms with Crippen LogP contribution in [0.5, 0.6) is 0 Å². The van der Waals surface area contributed by atoms with Crippen molar-refractivity contribution < 1.29 is 12.8 Å². The molecule has 0 fully saturated rings. The van der Waals surface area contributed by atoms with Crippen LogP contribution in [0, 0.1) is 6.92 Å². The van der Waals surface area contributed by atoms with Crippen LogP contribution in [0.25, 0.3) is 0 Å². The zero-order valence-electron chi connectivity index (χ0n) is 12.2. The van der Waals surface area contributed by atoms with E-state index in [-0.39, 0.29) is 10.9 Å². The number of hydrogen-bond acceptors (Lipinski definition) is 4. The smallest absolute Gasteiger partial charge is 0.240 e. The topological polar surface area (TPSA) is 85.3 Å². The van der Waals surface area contributed by atoms with Crippen molar-refractivity contribution in [1.82, 2.24) is 4.72 Å². The molecule has 1 aromatic carbocycles. The SMILES string of the molecule is Cc1ccc(S(=O)(=O)NC(C)CCc2ccco2)cc1N. The number of sulfonamides is 1. The van der Waals surface area contributed by atoms with Crippen molar-refractivity contribution in [2.24, 2.45) is 0 Å². The maximum atomic E-state index is 12.3. The standard InChI is InChI=1S/C15H20N2O3S/c1-11-5-8-14(10-15(11)16)21(18,19)17-12(2)6-7-13-4-3-9-20-13/h3-5,8-10,12,17H,6-7,16H2,1-2H3. The lowest BCUT2D eigenvalue weighted by Crippen LogP contribution is -2.33. The molecule has 0 aliphatic carbocycles. The molecule has 1 unspecified atom stereocenters. The van der Waals surface area contributed by atoms with Gasteiger partial charge in [-0.3, -0.25) is 0 Å². The molecule has 3 N–H and O–H groups in total. The minimum absolute atomic E-state index is 0.190. The van der Waals surface area contributed by atoms with Gasteiger partial charge in [-0.15, -0.1) is 0 Å². The van der Waals surface area contributed by atoms with E-state index in [1.807, 2.05) is 26.0 Å². The van der Waals surface area contributed by atoms with Crippen LogP contribution in [-0.4, -0.2) is 14.5 Å². The van der Waals surface area contributed by atoms with E-state index in [2.05, 4.69) is 4.72 Å². The molecule has 0 aliphatic rings. The van der Waals surface area contributed by atoms with E-state index in [9.17, 15) is 8.42 Å². The van der Waals surface area contributed by atoms with Gasteiger partial charge in [0, 0.05) is 18.2 Å². The van der Waals surface area contributed by atoms with Gasteiger partial charge < -0.3 is 10.2 Å². The average molecular weight is 308 g/mol. The van der Waals surface area contributed by atoms with Gasteiger partial charge >= 0.3 is 0 Å². The quantitative estimate of drug-likeness (QED) is 0.803. The minimum Gasteiger partial charge on any atom is -0.469 e. The molecule has 6 heteroatoms. The predicted octanol–water partition coefficient (Wildman–Crippen LogP) is 2.47. The first-order valence-corrected chi connectivity index (χ1v) is 8.27. The van der Waals surface area contributed by atoms with Crippen molar-refractivity contribution >= 4 is 15.7 Å². The number of benzene rings is 1. The highest BCUT2D eigenvalue weighted by molar-refractivity contribution is 7.89. The van der Waals surface area contributed by atoms with Crippen LogP contribution in [0.15, 0.2) is 45.9 Å². The van der Waals surface area contributed by atoms with Crippen molar-refractivity contribution in [3.05, 3.63) is 47.9 Å². The second kappa shape index (κ2) is 6.32. The van der Waals surface area contributed by atoms with Gasteiger partial charge in [-0.25, -0.2) is 13.1 Å². The maximum absolute atomic E-state index is 12.3. The van der Waals surface area contributed by atoms with E-state index in [1.54, 1.807) is 18.4 Å². The fourth-order valence-electron chi connectivity index (χ4n) is 1.99. The number of nitrogen functional groups attached to an aromatic ring is 1. The number of aryl methyl sites for hydroxylation is 2. The Morgan fingerprint density at radius 3 is 2.71 bits per heavy atom. The molecule has 0 bridgehead atoms. The van der Waals surface area contributed by atoms with E-state index < -0.39 is 10.0 Å². The number of anilines is 1. The van der Waals surface area contributed by atoms with Gasteiger partial charge in [-0.05, 0) is 50.1 Å². The minimum atomic E-state index is -3.55. The molecule has 1 aromatic heterocycles. The summed E-state index contributed by atoms with van der Waals surface area (Å²) < 4.78 is 32.4. The van der Waals surface area contributed by atoms with E-state index in [0.29, 0.717) is 18.5 Å². The molecular formula is C15H20N2O3S. The van der Waals surface area contributed by atoms with Crippen LogP contribution in [0.1, 0.15) is 24.7 Å². The van der Waals surface area contributed by atoms with Gasteiger partial charge in [0.1, 0.15) is 5.76 Å². The van der Waals surface area contributed by atoms with Gasteiger partial charge in [0.2, 0.25) is 10.0 Å². The third-order valence-corrected chi connectivity index (χ3v) is 4.91. The monoisotopic (exact) mass is 308 g/mol. The Morgan fingerprint density at radius 2 is 2.10 bits per heavy atom. The molecule has 0 radical (unpaired) electrons. The molecular weight excluding hydrogens is 288 g/mol. The summed E-state index contributed by atoms with van der Waals surface area (Å²) in [5.74, 6) is 0.848. The number of hydrogen-bond donors (Lipinski definition) is 2. The molecule has 2 rings (SSSR count). The van der Waals surface area contributed by atoms with Crippen LogP contribution >= 0.6 is 0 Å². The van der Waals surface area contributed by atoms with Crippen LogP contribution in [0.3, 0.4) is 0 Å². The normalized spacial score (nSPS) is 13.2. The molecule has 0 aliphatic heterocycles. The van der Waals surface area contributed by atoms with Gasteiger partial charge in [0.05, 0.1) is 11.2 Å². The molecule has 114 valence electrons. The van der Waals surface area contributed by atoms with Crippen LogP contribution < -0.4 is 10.5 Å². The number of nitrogens with one attached hydrogen (secondary N) is 1. The van der Waals surface area contributed by atoms with Crippen molar-refractivity contribution in [2.75, 3.05) is 5.73 Å². The van der Waals surface area contributed by atoms with Crippen molar-refractivity contribution in [1.29, 1.82) is 0 Å². The fraction of sp³-hybridized carbons (Fsp3) is 0.333. The third kappa shape index (κ3) is 4.09. The molecule has 0 saturated heterocycles. The van der Waals surface area contributed by atoms with Gasteiger partial charge in [-0.1, -0.05) is 6.07 Å². The number of furan rings is 1. The molecule has 1 heterocycles. The highest BCUT2D eigenvalue weighted by Crippen LogP contribution is 2.18. The molecule has 5 nitrogen and oxygen atoms in total. The molecule has 0 saturated carbocycles. The van der Waals surface area contributed by atoms with E-state index in [0.717, 1.165) is 11.3 Å². The summed E-state index contributed by atoms with van der Waals surface area (Å²) in [5, 5.41) is 0. The highest BCUT2D eigenvalue weighted by Gasteiger charge is 2.18. The Morgan fingerprint density at radius 1 is 1.33 bits per heavy atom. The molecule has 1 atom stereocenters. The molecule has 2 aromatic rings. The first-order valence-electron chi connectivity index (χ1n) is 6.79. The molecule has 0 spiro atoms. The highest BCUT2D eigenvalue weighted by atomic mass is 32.2. The zero-order valence-corrected chi connectivity index (χ0v) is 13.0. The van der Waals surface area contributed by atoms with E-state index in [4.69, 9.17) is 10.2 Å². The summed E-state index contributed by atoms with van der Waals surface area (Å²) in [6.45, 7) is 3.67. The van der Waals surface area contributed by atoms with Crippen LogP contribution in [-0.2, 0) is 16.4 Å². The van der Waals surface area contributed by atoms with Crippen LogP contribution in [0.4, 0.5) is 5.69 Å². The zero-order chi connectivity index (χ0) is 15.5. The summed E-state index contributed by atoms with van der Waals surface area (Å²) in [7, 11) is -3.55. The Kier molecular flexibility index (Phi) is 4.69.